The molecular weight excluding hydrogens is 110 g/mol. The lowest BCUT2D eigenvalue weighted by Crippen LogP contribution is -2.04. The standard InChI is InChI=1S/C8H15N/c1-3-5-6-8-9-7-4-2/h3-5,7,9H,6,8H2,1-2H3/b5-3+,7-4+. The molecule has 0 bridgehead atoms. The van der Waals surface area contributed by atoms with Gasteiger partial charge in [0, 0.05) is 6.54 Å². The van der Waals surface area contributed by atoms with Gasteiger partial charge < -0.3 is 5.32 Å². The van der Waals surface area contributed by atoms with Crippen LogP contribution in [0.5, 0.6) is 0 Å². The summed E-state index contributed by atoms with van der Waals surface area (Å²) in [6.45, 7) is 5.08. The molecule has 0 fully saturated rings. The molecule has 1 N–H and O–H groups in total. The Labute approximate surface area is 57.5 Å². The minimum absolute atomic E-state index is 1.04. The normalized spacial score (nSPS) is 11.3. The van der Waals surface area contributed by atoms with Crippen molar-refractivity contribution in [2.75, 3.05) is 6.54 Å². The van der Waals surface area contributed by atoms with E-state index in [1.165, 1.54) is 0 Å². The minimum atomic E-state index is 1.04. The Balaban J connectivity index is 2.91. The van der Waals surface area contributed by atoms with E-state index in [1.807, 2.05) is 26.1 Å². The molecule has 0 rings (SSSR count). The molecule has 1 heteroatoms. The molecule has 0 heterocycles. The summed E-state index contributed by atoms with van der Waals surface area (Å²) >= 11 is 0. The van der Waals surface area contributed by atoms with E-state index in [0.717, 1.165) is 13.0 Å². The second-order valence-electron chi connectivity index (χ2n) is 1.81. The van der Waals surface area contributed by atoms with Crippen LogP contribution in [0.15, 0.2) is 24.4 Å². The topological polar surface area (TPSA) is 12.0 Å². The van der Waals surface area contributed by atoms with Crippen molar-refractivity contribution in [3.63, 3.8) is 0 Å². The molecule has 0 spiro atoms. The van der Waals surface area contributed by atoms with Gasteiger partial charge in [0.25, 0.3) is 0 Å². The second-order valence-corrected chi connectivity index (χ2v) is 1.81. The summed E-state index contributed by atoms with van der Waals surface area (Å²) in [6, 6.07) is 0. The summed E-state index contributed by atoms with van der Waals surface area (Å²) in [5, 5.41) is 3.14. The average Bonchev–Trinajstić information content (AvgIpc) is 1.89. The number of nitrogens with one attached hydrogen (secondary N) is 1. The maximum absolute atomic E-state index is 3.14. The highest BCUT2D eigenvalue weighted by Crippen LogP contribution is 1.78. The van der Waals surface area contributed by atoms with Crippen LogP contribution in [0.2, 0.25) is 0 Å². The Morgan fingerprint density at radius 2 is 2.00 bits per heavy atom. The van der Waals surface area contributed by atoms with Crippen LogP contribution in [0.1, 0.15) is 20.3 Å². The first kappa shape index (κ1) is 8.28. The summed E-state index contributed by atoms with van der Waals surface area (Å²) in [6.07, 6.45) is 9.29. The van der Waals surface area contributed by atoms with Crippen molar-refractivity contribution in [1.82, 2.24) is 5.32 Å². The fraction of sp³-hybridized carbons (Fsp3) is 0.500. The minimum Gasteiger partial charge on any atom is -0.391 e. The first-order chi connectivity index (χ1) is 4.41. The lowest BCUT2D eigenvalue weighted by atomic mass is 10.4. The number of hydrogen-bond acceptors (Lipinski definition) is 1. The van der Waals surface area contributed by atoms with Crippen molar-refractivity contribution < 1.29 is 0 Å². The maximum Gasteiger partial charge on any atom is 0.0175 e. The van der Waals surface area contributed by atoms with Crippen LogP contribution in [0.3, 0.4) is 0 Å². The summed E-state index contributed by atoms with van der Waals surface area (Å²) in [5.41, 5.74) is 0. The molecule has 0 saturated heterocycles. The van der Waals surface area contributed by atoms with Crippen molar-refractivity contribution in [1.29, 1.82) is 0 Å². The Kier molecular flexibility index (Phi) is 6.70. The van der Waals surface area contributed by atoms with E-state index in [2.05, 4.69) is 17.5 Å². The van der Waals surface area contributed by atoms with E-state index in [0.29, 0.717) is 0 Å². The van der Waals surface area contributed by atoms with Gasteiger partial charge in [0.1, 0.15) is 0 Å². The molecule has 0 aliphatic rings. The van der Waals surface area contributed by atoms with E-state index in [9.17, 15) is 0 Å². The smallest absolute Gasteiger partial charge is 0.0175 e. The predicted octanol–water partition coefficient (Wildman–Crippen LogP) is 2.08. The third kappa shape index (κ3) is 7.28. The Morgan fingerprint density at radius 1 is 1.22 bits per heavy atom. The van der Waals surface area contributed by atoms with E-state index in [4.69, 9.17) is 0 Å². The molecule has 1 nitrogen and oxygen atoms in total. The highest BCUT2D eigenvalue weighted by atomic mass is 14.8. The van der Waals surface area contributed by atoms with Gasteiger partial charge in [0.2, 0.25) is 0 Å². The van der Waals surface area contributed by atoms with E-state index >= 15 is 0 Å². The third-order valence-electron chi connectivity index (χ3n) is 0.976. The zero-order chi connectivity index (χ0) is 6.95. The van der Waals surface area contributed by atoms with Crippen LogP contribution >= 0.6 is 0 Å². The molecule has 0 aliphatic heterocycles. The molecule has 52 valence electrons. The molecule has 0 amide bonds. The Morgan fingerprint density at radius 3 is 2.56 bits per heavy atom. The van der Waals surface area contributed by atoms with E-state index in [1.54, 1.807) is 0 Å². The lowest BCUT2D eigenvalue weighted by Gasteiger charge is -1.93. The first-order valence-electron chi connectivity index (χ1n) is 3.37. The van der Waals surface area contributed by atoms with Gasteiger partial charge in [-0.1, -0.05) is 18.2 Å². The highest BCUT2D eigenvalue weighted by molar-refractivity contribution is 4.80. The van der Waals surface area contributed by atoms with Crippen LogP contribution in [-0.2, 0) is 0 Å². The van der Waals surface area contributed by atoms with Crippen molar-refractivity contribution in [3.8, 4) is 0 Å². The van der Waals surface area contributed by atoms with Gasteiger partial charge in [-0.15, -0.1) is 0 Å². The van der Waals surface area contributed by atoms with E-state index < -0.39 is 0 Å². The molecule has 9 heavy (non-hydrogen) atoms. The number of rotatable bonds is 4. The largest absolute Gasteiger partial charge is 0.391 e. The predicted molar refractivity (Wildman–Crippen MR) is 42.2 cm³/mol. The molecule has 0 atom stereocenters. The summed E-state index contributed by atoms with van der Waals surface area (Å²) < 4.78 is 0. The van der Waals surface area contributed by atoms with Crippen molar-refractivity contribution >= 4 is 0 Å². The maximum atomic E-state index is 3.14. The molecule has 0 saturated carbocycles. The fourth-order valence-electron chi connectivity index (χ4n) is 0.535. The molecular formula is C8H15N. The van der Waals surface area contributed by atoms with Gasteiger partial charge in [0.15, 0.2) is 0 Å². The molecule has 0 radical (unpaired) electrons. The van der Waals surface area contributed by atoms with Crippen LogP contribution in [0.4, 0.5) is 0 Å². The van der Waals surface area contributed by atoms with Gasteiger partial charge in [-0.05, 0) is 26.5 Å². The Bertz CT molecular complexity index is 80.7. The highest BCUT2D eigenvalue weighted by Gasteiger charge is 1.73. The number of hydrogen-bond donors (Lipinski definition) is 1. The van der Waals surface area contributed by atoms with Crippen LogP contribution in [-0.4, -0.2) is 6.54 Å². The van der Waals surface area contributed by atoms with Gasteiger partial charge >= 0.3 is 0 Å². The monoisotopic (exact) mass is 125 g/mol. The fourth-order valence-corrected chi connectivity index (χ4v) is 0.535. The van der Waals surface area contributed by atoms with Gasteiger partial charge in [0.05, 0.1) is 0 Å². The summed E-state index contributed by atoms with van der Waals surface area (Å²) in [5.74, 6) is 0. The van der Waals surface area contributed by atoms with Crippen molar-refractivity contribution in [2.24, 2.45) is 0 Å². The van der Waals surface area contributed by atoms with Gasteiger partial charge in [-0.2, -0.15) is 0 Å². The second kappa shape index (κ2) is 7.28. The zero-order valence-corrected chi connectivity index (χ0v) is 6.22. The molecule has 0 aliphatic carbocycles. The molecule has 0 unspecified atom stereocenters. The zero-order valence-electron chi connectivity index (χ0n) is 6.22. The molecule has 0 aromatic rings. The van der Waals surface area contributed by atoms with Crippen LogP contribution < -0.4 is 5.32 Å². The van der Waals surface area contributed by atoms with Gasteiger partial charge in [-0.25, -0.2) is 0 Å². The summed E-state index contributed by atoms with van der Waals surface area (Å²) in [4.78, 5) is 0. The van der Waals surface area contributed by atoms with E-state index in [-0.39, 0.29) is 0 Å². The first-order valence-corrected chi connectivity index (χ1v) is 3.37. The van der Waals surface area contributed by atoms with Crippen molar-refractivity contribution in [2.45, 2.75) is 20.3 Å². The lowest BCUT2D eigenvalue weighted by molar-refractivity contribution is 0.850. The summed E-state index contributed by atoms with van der Waals surface area (Å²) in [7, 11) is 0. The average molecular weight is 125 g/mol. The molecule has 0 aromatic heterocycles. The third-order valence-corrected chi connectivity index (χ3v) is 0.976. The molecule has 0 aromatic carbocycles. The number of allylic oxidation sites excluding steroid dienone is 2. The van der Waals surface area contributed by atoms with Crippen LogP contribution in [0, 0.1) is 0 Å². The van der Waals surface area contributed by atoms with Crippen molar-refractivity contribution in [3.05, 3.63) is 24.4 Å². The quantitative estimate of drug-likeness (QED) is 0.448. The van der Waals surface area contributed by atoms with Gasteiger partial charge in [-0.3, -0.25) is 0 Å². The van der Waals surface area contributed by atoms with Crippen LogP contribution in [0.25, 0.3) is 0 Å². The SMILES string of the molecule is C/C=C/CCN/C=C/C. The Hall–Kier alpha value is -0.720.